The first-order chi connectivity index (χ1) is 5.57. The van der Waals surface area contributed by atoms with E-state index in [0.717, 1.165) is 0 Å². The van der Waals surface area contributed by atoms with Crippen LogP contribution in [0.3, 0.4) is 0 Å². The van der Waals surface area contributed by atoms with E-state index in [0.29, 0.717) is 5.69 Å². The molecule has 0 radical (unpaired) electrons. The maximum absolute atomic E-state index is 10.7. The van der Waals surface area contributed by atoms with E-state index < -0.39 is 11.1 Å². The van der Waals surface area contributed by atoms with E-state index in [1.54, 1.807) is 14.0 Å². The molecule has 0 aliphatic rings. The molecule has 1 unspecified atom stereocenters. The molecule has 1 atom stereocenters. The molecule has 68 valence electrons. The smallest absolute Gasteiger partial charge is 0.768 e. The monoisotopic (exact) mass is 212 g/mol. The zero-order chi connectivity index (χ0) is 9.30. The normalized spacial score (nSPS) is 12.0. The summed E-state index contributed by atoms with van der Waals surface area (Å²) in [6.45, 7) is 1.62. The average Bonchev–Trinajstić information content (AvgIpc) is 2.24. The molecule has 1 aromatic heterocycles. The van der Waals surface area contributed by atoms with Crippen molar-refractivity contribution in [3.8, 4) is 5.88 Å². The maximum atomic E-state index is 10.7. The number of aryl methyl sites for hydroxylation is 2. The van der Waals surface area contributed by atoms with Crippen LogP contribution < -0.4 is 34.3 Å². The Hall–Kier alpha value is 0.120. The third kappa shape index (κ3) is 2.54. The van der Waals surface area contributed by atoms with Crippen molar-refractivity contribution in [2.45, 2.75) is 11.8 Å². The van der Waals surface area contributed by atoms with Gasteiger partial charge in [0.15, 0.2) is 0 Å². The van der Waals surface area contributed by atoms with Gasteiger partial charge in [0.05, 0.1) is 12.8 Å². The molecule has 1 aromatic rings. The Morgan fingerprint density at radius 2 is 2.15 bits per heavy atom. The number of ether oxygens (including phenoxy) is 1. The van der Waals surface area contributed by atoms with Crippen LogP contribution in [0.1, 0.15) is 5.69 Å². The summed E-state index contributed by atoms with van der Waals surface area (Å²) in [5.74, 6) is 0.265. The summed E-state index contributed by atoms with van der Waals surface area (Å²) in [7, 11) is 3.04. The van der Waals surface area contributed by atoms with E-state index in [4.69, 9.17) is 4.74 Å². The van der Waals surface area contributed by atoms with Gasteiger partial charge in [0, 0.05) is 7.05 Å². The summed E-state index contributed by atoms with van der Waals surface area (Å²) in [6, 6.07) is 0. The summed E-state index contributed by atoms with van der Waals surface area (Å²) in [5.41, 5.74) is 0.447. The van der Waals surface area contributed by atoms with Crippen molar-refractivity contribution in [3.05, 3.63) is 5.69 Å². The van der Waals surface area contributed by atoms with Gasteiger partial charge in [-0.05, 0) is 18.0 Å². The second-order valence-electron chi connectivity index (χ2n) is 2.28. The second kappa shape index (κ2) is 5.11. The molecule has 0 saturated carbocycles. The van der Waals surface area contributed by atoms with Gasteiger partial charge in [-0.25, -0.2) is 4.68 Å². The van der Waals surface area contributed by atoms with Gasteiger partial charge in [-0.3, -0.25) is 4.21 Å². The van der Waals surface area contributed by atoms with Gasteiger partial charge in [0.2, 0.25) is 5.88 Å². The number of nitrogens with zero attached hydrogens (tertiary/aromatic N) is 2. The molecule has 0 bridgehead atoms. The Labute approximate surface area is 101 Å². The fourth-order valence-corrected chi connectivity index (χ4v) is 1.67. The first-order valence-corrected chi connectivity index (χ1v) is 4.32. The summed E-state index contributed by atoms with van der Waals surface area (Å²) in [4.78, 5) is 0.125. The molecular weight excluding hydrogens is 203 g/mol. The van der Waals surface area contributed by atoms with Gasteiger partial charge in [-0.1, -0.05) is 0 Å². The third-order valence-electron chi connectivity index (χ3n) is 1.48. The van der Waals surface area contributed by atoms with Crippen LogP contribution in [0.2, 0.25) is 0 Å². The number of hydrogen-bond donors (Lipinski definition) is 0. The van der Waals surface area contributed by atoms with Crippen LogP contribution in [0.4, 0.5) is 0 Å². The number of hydrogen-bond acceptors (Lipinski definition) is 4. The van der Waals surface area contributed by atoms with Crippen molar-refractivity contribution < 1.29 is 43.1 Å². The van der Waals surface area contributed by atoms with E-state index in [9.17, 15) is 8.76 Å². The Kier molecular flexibility index (Phi) is 5.16. The number of rotatable bonds is 2. The van der Waals surface area contributed by atoms with E-state index in [-0.39, 0.29) is 40.3 Å². The topological polar surface area (TPSA) is 67.2 Å². The Balaban J connectivity index is 0.00000144. The zero-order valence-electron chi connectivity index (χ0n) is 8.03. The molecule has 0 fully saturated rings. The van der Waals surface area contributed by atoms with Crippen LogP contribution in [0.15, 0.2) is 4.90 Å². The van der Waals surface area contributed by atoms with Crippen molar-refractivity contribution in [1.29, 1.82) is 0 Å². The minimum atomic E-state index is -2.29. The molecule has 0 amide bonds. The average molecular weight is 212 g/mol. The van der Waals surface area contributed by atoms with Gasteiger partial charge in [0.1, 0.15) is 4.90 Å². The van der Waals surface area contributed by atoms with Gasteiger partial charge in [-0.2, -0.15) is 5.10 Å². The molecule has 0 aliphatic heterocycles. The molecule has 5 nitrogen and oxygen atoms in total. The van der Waals surface area contributed by atoms with Gasteiger partial charge in [-0.15, -0.1) is 0 Å². The molecule has 1 heterocycles. The molecule has 1 rings (SSSR count). The molecule has 0 N–H and O–H groups in total. The quantitative estimate of drug-likeness (QED) is 0.386. The molecule has 0 saturated heterocycles. The minimum absolute atomic E-state index is 0. The van der Waals surface area contributed by atoms with E-state index in [1.807, 2.05) is 0 Å². The summed E-state index contributed by atoms with van der Waals surface area (Å²) < 4.78 is 27.6. The van der Waals surface area contributed by atoms with Crippen molar-refractivity contribution in [2.75, 3.05) is 7.11 Å². The fraction of sp³-hybridized carbons (Fsp3) is 0.500. The van der Waals surface area contributed by atoms with Crippen LogP contribution in [-0.4, -0.2) is 25.7 Å². The predicted molar refractivity (Wildman–Crippen MR) is 41.7 cm³/mol. The van der Waals surface area contributed by atoms with E-state index in [2.05, 4.69) is 5.10 Å². The van der Waals surface area contributed by atoms with E-state index >= 15 is 0 Å². The predicted octanol–water partition coefficient (Wildman–Crippen LogP) is -3.02. The summed E-state index contributed by atoms with van der Waals surface area (Å²) in [6.07, 6.45) is 0. The second-order valence-corrected chi connectivity index (χ2v) is 3.16. The van der Waals surface area contributed by atoms with Crippen molar-refractivity contribution >= 4 is 11.1 Å². The van der Waals surface area contributed by atoms with Crippen LogP contribution in [0.25, 0.3) is 0 Å². The van der Waals surface area contributed by atoms with Gasteiger partial charge in [0.25, 0.3) is 0 Å². The standard InChI is InChI=1S/C6H10N2O3S.Na/c1-4-5(12(9)10)6(11-3)8(2)7-4;/h1-3H3,(H,9,10);/q;+1/p-1. The van der Waals surface area contributed by atoms with Crippen molar-refractivity contribution in [3.63, 3.8) is 0 Å². The van der Waals surface area contributed by atoms with Crippen LogP contribution in [0, 0.1) is 6.92 Å². The molecule has 0 aliphatic carbocycles. The van der Waals surface area contributed by atoms with Crippen molar-refractivity contribution in [1.82, 2.24) is 9.78 Å². The third-order valence-corrected chi connectivity index (χ3v) is 2.28. The van der Waals surface area contributed by atoms with Crippen molar-refractivity contribution in [2.24, 2.45) is 7.05 Å². The number of aromatic nitrogens is 2. The van der Waals surface area contributed by atoms with Crippen LogP contribution in [0.5, 0.6) is 5.88 Å². The first-order valence-electron chi connectivity index (χ1n) is 3.24. The Morgan fingerprint density at radius 3 is 2.46 bits per heavy atom. The Bertz CT molecular complexity index is 326. The van der Waals surface area contributed by atoms with Crippen LogP contribution in [-0.2, 0) is 18.1 Å². The summed E-state index contributed by atoms with van der Waals surface area (Å²) >= 11 is -2.29. The number of methoxy groups -OCH3 is 1. The molecule has 0 aromatic carbocycles. The molecule has 7 heteroatoms. The van der Waals surface area contributed by atoms with E-state index in [1.165, 1.54) is 11.8 Å². The van der Waals surface area contributed by atoms with Gasteiger partial charge < -0.3 is 9.29 Å². The minimum Gasteiger partial charge on any atom is -0.768 e. The van der Waals surface area contributed by atoms with Crippen LogP contribution >= 0.6 is 0 Å². The SMILES string of the molecule is COc1c(S(=O)[O-])c(C)nn1C.[Na+]. The maximum Gasteiger partial charge on any atom is 1.00 e. The molecule has 13 heavy (non-hydrogen) atoms. The Morgan fingerprint density at radius 1 is 1.62 bits per heavy atom. The molecule has 0 spiro atoms. The first kappa shape index (κ1) is 13.1. The zero-order valence-corrected chi connectivity index (χ0v) is 10.8. The summed E-state index contributed by atoms with van der Waals surface area (Å²) in [5, 5.41) is 3.90. The molecular formula is C6H9N2NaO3S. The van der Waals surface area contributed by atoms with Gasteiger partial charge >= 0.3 is 29.6 Å². The fourth-order valence-electron chi connectivity index (χ4n) is 1.03. The largest absolute Gasteiger partial charge is 1.00 e.